The standard InChI is InChI=1S/C12H10N2OS/c1-9(15)12-3-2-11(8-14-12)16-10-4-6-13-7-5-10/h2-8H,1H3. The van der Waals surface area contributed by atoms with Gasteiger partial charge in [0.2, 0.25) is 0 Å². The molecule has 0 spiro atoms. The summed E-state index contributed by atoms with van der Waals surface area (Å²) < 4.78 is 0. The minimum atomic E-state index is -0.0135. The van der Waals surface area contributed by atoms with Crippen molar-refractivity contribution in [2.75, 3.05) is 0 Å². The fraction of sp³-hybridized carbons (Fsp3) is 0.0833. The molecule has 4 heteroatoms. The molecule has 0 radical (unpaired) electrons. The summed E-state index contributed by atoms with van der Waals surface area (Å²) in [6, 6.07) is 7.51. The quantitative estimate of drug-likeness (QED) is 0.760. The van der Waals surface area contributed by atoms with E-state index in [1.54, 1.807) is 36.4 Å². The molecular formula is C12H10N2OS. The Labute approximate surface area is 97.9 Å². The summed E-state index contributed by atoms with van der Waals surface area (Å²) in [5.74, 6) is -0.0135. The first-order valence-corrected chi connectivity index (χ1v) is 5.62. The van der Waals surface area contributed by atoms with Crippen molar-refractivity contribution >= 4 is 17.5 Å². The van der Waals surface area contributed by atoms with E-state index in [4.69, 9.17) is 0 Å². The predicted molar refractivity (Wildman–Crippen MR) is 62.6 cm³/mol. The van der Waals surface area contributed by atoms with Crippen molar-refractivity contribution < 1.29 is 4.79 Å². The highest BCUT2D eigenvalue weighted by Gasteiger charge is 2.01. The normalized spacial score (nSPS) is 10.1. The van der Waals surface area contributed by atoms with E-state index >= 15 is 0 Å². The van der Waals surface area contributed by atoms with Gasteiger partial charge in [-0.05, 0) is 24.3 Å². The van der Waals surface area contributed by atoms with Crippen LogP contribution < -0.4 is 0 Å². The van der Waals surface area contributed by atoms with Crippen molar-refractivity contribution in [3.8, 4) is 0 Å². The molecule has 0 fully saturated rings. The average molecular weight is 230 g/mol. The van der Waals surface area contributed by atoms with Gasteiger partial charge in [-0.2, -0.15) is 0 Å². The molecule has 0 aliphatic heterocycles. The van der Waals surface area contributed by atoms with Crippen LogP contribution in [0.5, 0.6) is 0 Å². The van der Waals surface area contributed by atoms with E-state index in [1.165, 1.54) is 6.92 Å². The Bertz CT molecular complexity index is 482. The molecule has 0 aliphatic rings. The maximum absolute atomic E-state index is 11.0. The van der Waals surface area contributed by atoms with Crippen molar-refractivity contribution in [3.05, 3.63) is 48.5 Å². The Morgan fingerprint density at radius 1 is 1.12 bits per heavy atom. The number of rotatable bonds is 3. The van der Waals surface area contributed by atoms with Crippen molar-refractivity contribution in [2.24, 2.45) is 0 Å². The third-order valence-electron chi connectivity index (χ3n) is 1.98. The first kappa shape index (κ1) is 10.8. The van der Waals surface area contributed by atoms with Crippen LogP contribution in [0.3, 0.4) is 0 Å². The molecule has 0 unspecified atom stereocenters. The summed E-state index contributed by atoms with van der Waals surface area (Å²) in [5, 5.41) is 0. The minimum Gasteiger partial charge on any atom is -0.293 e. The van der Waals surface area contributed by atoms with Gasteiger partial charge < -0.3 is 0 Å². The van der Waals surface area contributed by atoms with E-state index in [0.29, 0.717) is 5.69 Å². The van der Waals surface area contributed by atoms with Gasteiger partial charge >= 0.3 is 0 Å². The smallest absolute Gasteiger partial charge is 0.178 e. The summed E-state index contributed by atoms with van der Waals surface area (Å²) >= 11 is 1.59. The second-order valence-electron chi connectivity index (χ2n) is 3.22. The van der Waals surface area contributed by atoms with Gasteiger partial charge in [0.05, 0.1) is 0 Å². The molecule has 0 bridgehead atoms. The van der Waals surface area contributed by atoms with Gasteiger partial charge in [-0.25, -0.2) is 0 Å². The van der Waals surface area contributed by atoms with Crippen molar-refractivity contribution in [1.29, 1.82) is 0 Å². The highest BCUT2D eigenvalue weighted by atomic mass is 32.2. The Morgan fingerprint density at radius 2 is 1.88 bits per heavy atom. The first-order chi connectivity index (χ1) is 7.75. The lowest BCUT2D eigenvalue weighted by atomic mass is 10.3. The van der Waals surface area contributed by atoms with Crippen molar-refractivity contribution in [3.63, 3.8) is 0 Å². The second kappa shape index (κ2) is 4.90. The van der Waals surface area contributed by atoms with Gasteiger partial charge in [-0.1, -0.05) is 11.8 Å². The molecule has 2 aromatic rings. The number of hydrogen-bond donors (Lipinski definition) is 0. The van der Waals surface area contributed by atoms with Gasteiger partial charge in [0.1, 0.15) is 5.69 Å². The second-order valence-corrected chi connectivity index (χ2v) is 4.37. The maximum Gasteiger partial charge on any atom is 0.178 e. The van der Waals surface area contributed by atoms with E-state index in [0.717, 1.165) is 9.79 Å². The van der Waals surface area contributed by atoms with Crippen LogP contribution in [0.25, 0.3) is 0 Å². The number of pyridine rings is 2. The maximum atomic E-state index is 11.0. The lowest BCUT2D eigenvalue weighted by molar-refractivity contribution is 0.101. The van der Waals surface area contributed by atoms with Gasteiger partial charge in [0.25, 0.3) is 0 Å². The topological polar surface area (TPSA) is 42.9 Å². The van der Waals surface area contributed by atoms with Crippen LogP contribution in [0, 0.1) is 0 Å². The number of Topliss-reactive ketones (excluding diaryl/α,β-unsaturated/α-hetero) is 1. The Morgan fingerprint density at radius 3 is 2.44 bits per heavy atom. The molecule has 0 aliphatic carbocycles. The van der Waals surface area contributed by atoms with Crippen LogP contribution in [0.15, 0.2) is 52.6 Å². The number of hydrogen-bond acceptors (Lipinski definition) is 4. The lowest BCUT2D eigenvalue weighted by Crippen LogP contribution is -1.95. The van der Waals surface area contributed by atoms with Crippen LogP contribution in [0.1, 0.15) is 17.4 Å². The molecular weight excluding hydrogens is 220 g/mol. The monoisotopic (exact) mass is 230 g/mol. The highest BCUT2D eigenvalue weighted by molar-refractivity contribution is 7.99. The van der Waals surface area contributed by atoms with E-state index in [1.807, 2.05) is 18.2 Å². The van der Waals surface area contributed by atoms with Crippen LogP contribution >= 0.6 is 11.8 Å². The average Bonchev–Trinajstić information content (AvgIpc) is 2.31. The zero-order valence-electron chi connectivity index (χ0n) is 8.75. The fourth-order valence-electron chi connectivity index (χ4n) is 1.19. The number of ketones is 1. The number of aromatic nitrogens is 2. The van der Waals surface area contributed by atoms with Crippen LogP contribution in [-0.4, -0.2) is 15.8 Å². The molecule has 16 heavy (non-hydrogen) atoms. The molecule has 0 amide bonds. The minimum absolute atomic E-state index is 0.0135. The molecule has 80 valence electrons. The number of carbonyl (C=O) groups is 1. The van der Waals surface area contributed by atoms with E-state index in [-0.39, 0.29) is 5.78 Å². The van der Waals surface area contributed by atoms with Crippen LogP contribution in [-0.2, 0) is 0 Å². The summed E-state index contributed by atoms with van der Waals surface area (Å²) in [6.07, 6.45) is 5.21. The van der Waals surface area contributed by atoms with E-state index in [9.17, 15) is 4.79 Å². The molecule has 0 aromatic carbocycles. The molecule has 2 aromatic heterocycles. The number of carbonyl (C=O) groups excluding carboxylic acids is 1. The highest BCUT2D eigenvalue weighted by Crippen LogP contribution is 2.26. The van der Waals surface area contributed by atoms with Gasteiger partial charge in [-0.15, -0.1) is 0 Å². The zero-order valence-corrected chi connectivity index (χ0v) is 9.57. The first-order valence-electron chi connectivity index (χ1n) is 4.80. The molecule has 0 saturated carbocycles. The van der Waals surface area contributed by atoms with Crippen LogP contribution in [0.2, 0.25) is 0 Å². The van der Waals surface area contributed by atoms with E-state index < -0.39 is 0 Å². The summed E-state index contributed by atoms with van der Waals surface area (Å²) in [5.41, 5.74) is 0.499. The molecule has 2 heterocycles. The summed E-state index contributed by atoms with van der Waals surface area (Å²) in [4.78, 5) is 21.2. The largest absolute Gasteiger partial charge is 0.293 e. The summed E-state index contributed by atoms with van der Waals surface area (Å²) in [7, 11) is 0. The molecule has 0 saturated heterocycles. The van der Waals surface area contributed by atoms with Crippen molar-refractivity contribution in [1.82, 2.24) is 9.97 Å². The Kier molecular flexibility index (Phi) is 3.31. The molecule has 0 N–H and O–H groups in total. The summed E-state index contributed by atoms with van der Waals surface area (Å²) in [6.45, 7) is 1.51. The van der Waals surface area contributed by atoms with Gasteiger partial charge in [0, 0.05) is 35.3 Å². The van der Waals surface area contributed by atoms with Gasteiger partial charge in [-0.3, -0.25) is 14.8 Å². The Balaban J connectivity index is 2.14. The van der Waals surface area contributed by atoms with Crippen molar-refractivity contribution in [2.45, 2.75) is 16.7 Å². The SMILES string of the molecule is CC(=O)c1ccc(Sc2ccncc2)cn1. The third kappa shape index (κ3) is 2.67. The number of nitrogens with zero attached hydrogens (tertiary/aromatic N) is 2. The lowest BCUT2D eigenvalue weighted by Gasteiger charge is -2.01. The van der Waals surface area contributed by atoms with Crippen LogP contribution in [0.4, 0.5) is 0 Å². The third-order valence-corrected chi connectivity index (χ3v) is 2.97. The predicted octanol–water partition coefficient (Wildman–Crippen LogP) is 2.83. The molecule has 3 nitrogen and oxygen atoms in total. The molecule has 0 atom stereocenters. The van der Waals surface area contributed by atoms with Gasteiger partial charge in [0.15, 0.2) is 5.78 Å². The Hall–Kier alpha value is -1.68. The zero-order chi connectivity index (χ0) is 11.4. The molecule has 2 rings (SSSR count). The van der Waals surface area contributed by atoms with E-state index in [2.05, 4.69) is 9.97 Å². The fourth-order valence-corrected chi connectivity index (χ4v) is 1.96.